The number of hydrogen-bond donors (Lipinski definition) is 2. The predicted octanol–water partition coefficient (Wildman–Crippen LogP) is 3.01. The molecule has 1 aromatic carbocycles. The molecular formula is C16H19NO. The highest BCUT2D eigenvalue weighted by molar-refractivity contribution is 5.52. The fourth-order valence-electron chi connectivity index (χ4n) is 3.68. The van der Waals surface area contributed by atoms with Crippen molar-refractivity contribution >= 4 is 0 Å². The van der Waals surface area contributed by atoms with Gasteiger partial charge in [-0.25, -0.2) is 0 Å². The lowest BCUT2D eigenvalue weighted by Crippen LogP contribution is -2.47. The molecule has 0 aliphatic heterocycles. The van der Waals surface area contributed by atoms with Gasteiger partial charge < -0.3 is 10.8 Å². The minimum Gasteiger partial charge on any atom is -0.508 e. The molecule has 2 atom stereocenters. The summed E-state index contributed by atoms with van der Waals surface area (Å²) in [7, 11) is 0. The largest absolute Gasteiger partial charge is 0.508 e. The Bertz CT molecular complexity index is 570. The van der Waals surface area contributed by atoms with E-state index in [4.69, 9.17) is 5.73 Å². The topological polar surface area (TPSA) is 46.2 Å². The van der Waals surface area contributed by atoms with Crippen LogP contribution >= 0.6 is 0 Å². The first-order valence-electron chi connectivity index (χ1n) is 6.50. The van der Waals surface area contributed by atoms with Gasteiger partial charge in [-0.2, -0.15) is 0 Å². The molecule has 2 aliphatic rings. The molecule has 0 fully saturated rings. The smallest absolute Gasteiger partial charge is 0.115 e. The highest BCUT2D eigenvalue weighted by atomic mass is 16.3. The third-order valence-corrected chi connectivity index (χ3v) is 4.28. The van der Waals surface area contributed by atoms with E-state index in [9.17, 15) is 5.11 Å². The van der Waals surface area contributed by atoms with E-state index < -0.39 is 0 Å². The molecule has 2 bridgehead atoms. The monoisotopic (exact) mass is 241 g/mol. The number of phenolic OH excluding ortho intramolecular Hbond substituents is 1. The molecule has 2 nitrogen and oxygen atoms in total. The van der Waals surface area contributed by atoms with Crippen molar-refractivity contribution in [2.45, 2.75) is 32.2 Å². The second-order valence-electron chi connectivity index (χ2n) is 5.56. The summed E-state index contributed by atoms with van der Waals surface area (Å²) >= 11 is 0. The zero-order chi connectivity index (χ0) is 12.9. The van der Waals surface area contributed by atoms with Crippen LogP contribution in [0, 0.1) is 5.92 Å². The predicted molar refractivity (Wildman–Crippen MR) is 73.3 cm³/mol. The van der Waals surface area contributed by atoms with Gasteiger partial charge in [0.25, 0.3) is 0 Å². The Labute approximate surface area is 108 Å². The quantitative estimate of drug-likeness (QED) is 0.686. The molecule has 0 saturated carbocycles. The average molecular weight is 241 g/mol. The van der Waals surface area contributed by atoms with E-state index in [1.54, 1.807) is 6.07 Å². The van der Waals surface area contributed by atoms with Gasteiger partial charge in [0.05, 0.1) is 5.54 Å². The highest BCUT2D eigenvalue weighted by Gasteiger charge is 2.43. The third kappa shape index (κ3) is 1.45. The molecule has 0 unspecified atom stereocenters. The number of allylic oxidation sites excluding steroid dienone is 2. The van der Waals surface area contributed by atoms with Crippen LogP contribution in [0.5, 0.6) is 5.75 Å². The summed E-state index contributed by atoms with van der Waals surface area (Å²) in [6, 6.07) is 5.60. The van der Waals surface area contributed by atoms with Crippen molar-refractivity contribution in [1.29, 1.82) is 0 Å². The molecule has 94 valence electrons. The summed E-state index contributed by atoms with van der Waals surface area (Å²) in [5.41, 5.74) is 11.4. The molecule has 2 heteroatoms. The van der Waals surface area contributed by atoms with Gasteiger partial charge >= 0.3 is 0 Å². The van der Waals surface area contributed by atoms with E-state index in [0.29, 0.717) is 11.7 Å². The van der Waals surface area contributed by atoms with Gasteiger partial charge in [0.1, 0.15) is 5.75 Å². The van der Waals surface area contributed by atoms with Crippen LogP contribution in [0.4, 0.5) is 0 Å². The number of rotatable bonds is 0. The molecule has 0 aromatic heterocycles. The van der Waals surface area contributed by atoms with Gasteiger partial charge in [-0.05, 0) is 55.5 Å². The summed E-state index contributed by atoms with van der Waals surface area (Å²) in [6.45, 7) is 4.23. The van der Waals surface area contributed by atoms with Crippen molar-refractivity contribution in [3.63, 3.8) is 0 Å². The second-order valence-corrected chi connectivity index (χ2v) is 5.56. The lowest BCUT2D eigenvalue weighted by atomic mass is 9.62. The van der Waals surface area contributed by atoms with Gasteiger partial charge in [0.2, 0.25) is 0 Å². The Morgan fingerprint density at radius 3 is 2.94 bits per heavy atom. The van der Waals surface area contributed by atoms with Gasteiger partial charge in [-0.3, -0.25) is 0 Å². The van der Waals surface area contributed by atoms with Crippen molar-refractivity contribution in [3.8, 4) is 5.75 Å². The molecule has 3 N–H and O–H groups in total. The van der Waals surface area contributed by atoms with E-state index in [1.807, 2.05) is 12.1 Å². The third-order valence-electron chi connectivity index (χ3n) is 4.28. The lowest BCUT2D eigenvalue weighted by molar-refractivity contribution is 0.411. The van der Waals surface area contributed by atoms with Crippen molar-refractivity contribution in [2.75, 3.05) is 0 Å². The van der Waals surface area contributed by atoms with Crippen LogP contribution in [0.15, 0.2) is 41.5 Å². The van der Waals surface area contributed by atoms with E-state index in [1.165, 1.54) is 22.3 Å². The van der Waals surface area contributed by atoms with Crippen LogP contribution in [0.1, 0.15) is 31.4 Å². The molecule has 0 heterocycles. The number of fused-ring (bicyclic) bond motifs is 4. The summed E-state index contributed by atoms with van der Waals surface area (Å²) in [5, 5.41) is 9.64. The van der Waals surface area contributed by atoms with Gasteiger partial charge in [-0.1, -0.05) is 23.8 Å². The number of hydrogen-bond acceptors (Lipinski definition) is 2. The highest BCUT2D eigenvalue weighted by Crippen LogP contribution is 2.48. The maximum Gasteiger partial charge on any atom is 0.115 e. The molecule has 1 aromatic rings. The summed E-state index contributed by atoms with van der Waals surface area (Å²) < 4.78 is 0. The average Bonchev–Trinajstić information content (AvgIpc) is 2.26. The maximum absolute atomic E-state index is 9.64. The number of aromatic hydroxyl groups is 1. The summed E-state index contributed by atoms with van der Waals surface area (Å²) in [5.74, 6) is 0.725. The van der Waals surface area contributed by atoms with Gasteiger partial charge in [0.15, 0.2) is 0 Å². The summed E-state index contributed by atoms with van der Waals surface area (Å²) in [4.78, 5) is 0. The SMILES string of the molecule is CC=C1[C@@H]2C=C(C)C[C@@]1(N)c1ccc(O)cc1C2. The standard InChI is InChI=1S/C16H19NO/c1-3-14-11-6-10(2)9-16(14,17)15-5-4-13(18)8-12(15)7-11/h3-6,8,11,18H,7,9,17H2,1-2H3/t11-,16+/m1/s1. The first-order valence-corrected chi connectivity index (χ1v) is 6.50. The van der Waals surface area contributed by atoms with Gasteiger partial charge in [-0.15, -0.1) is 0 Å². The normalized spacial score (nSPS) is 32.1. The molecule has 3 rings (SSSR count). The van der Waals surface area contributed by atoms with E-state index >= 15 is 0 Å². The van der Waals surface area contributed by atoms with Crippen molar-refractivity contribution in [2.24, 2.45) is 11.7 Å². The number of phenols is 1. The fourth-order valence-corrected chi connectivity index (χ4v) is 3.68. The van der Waals surface area contributed by atoms with E-state index in [2.05, 4.69) is 26.0 Å². The number of benzene rings is 1. The van der Waals surface area contributed by atoms with Crippen LogP contribution in [0.25, 0.3) is 0 Å². The van der Waals surface area contributed by atoms with Crippen LogP contribution in [-0.2, 0) is 12.0 Å². The number of nitrogens with two attached hydrogens (primary N) is 1. The Hall–Kier alpha value is -1.54. The first kappa shape index (κ1) is 11.5. The molecule has 18 heavy (non-hydrogen) atoms. The molecule has 2 aliphatic carbocycles. The Balaban J connectivity index is 2.25. The van der Waals surface area contributed by atoms with E-state index in [-0.39, 0.29) is 5.54 Å². The van der Waals surface area contributed by atoms with E-state index in [0.717, 1.165) is 12.8 Å². The maximum atomic E-state index is 9.64. The minimum atomic E-state index is -0.375. The zero-order valence-corrected chi connectivity index (χ0v) is 10.9. The van der Waals surface area contributed by atoms with Crippen LogP contribution < -0.4 is 5.73 Å². The summed E-state index contributed by atoms with van der Waals surface area (Å²) in [6.07, 6.45) is 6.32. The van der Waals surface area contributed by atoms with Crippen molar-refractivity contribution < 1.29 is 5.11 Å². The lowest BCUT2D eigenvalue weighted by Gasteiger charge is -2.45. The van der Waals surface area contributed by atoms with Crippen LogP contribution in [-0.4, -0.2) is 5.11 Å². The van der Waals surface area contributed by atoms with Crippen LogP contribution in [0.2, 0.25) is 0 Å². The molecule has 0 spiro atoms. The fraction of sp³-hybridized carbons (Fsp3) is 0.375. The van der Waals surface area contributed by atoms with Crippen molar-refractivity contribution in [3.05, 3.63) is 52.6 Å². The molecule has 0 saturated heterocycles. The van der Waals surface area contributed by atoms with Crippen molar-refractivity contribution in [1.82, 2.24) is 0 Å². The molecule has 0 radical (unpaired) electrons. The minimum absolute atomic E-state index is 0.333. The van der Waals surface area contributed by atoms with Gasteiger partial charge in [0, 0.05) is 5.92 Å². The molecular weight excluding hydrogens is 222 g/mol. The Kier molecular flexibility index (Phi) is 2.39. The zero-order valence-electron chi connectivity index (χ0n) is 10.9. The molecule has 0 amide bonds. The Morgan fingerprint density at radius 1 is 1.44 bits per heavy atom. The second kappa shape index (κ2) is 3.72. The van der Waals surface area contributed by atoms with Crippen LogP contribution in [0.3, 0.4) is 0 Å². The first-order chi connectivity index (χ1) is 8.54. The Morgan fingerprint density at radius 2 is 2.22 bits per heavy atom.